The van der Waals surface area contributed by atoms with Crippen LogP contribution in [0, 0.1) is 4.91 Å². The summed E-state index contributed by atoms with van der Waals surface area (Å²) in [5.41, 5.74) is 5.10. The number of nitrogens with zero attached hydrogens (tertiary/aromatic N) is 2. The van der Waals surface area contributed by atoms with Gasteiger partial charge in [0.15, 0.2) is 4.32 Å². The maximum Gasteiger partial charge on any atom is 0.201 e. The van der Waals surface area contributed by atoms with Crippen molar-refractivity contribution in [3.05, 3.63) is 71.1 Å². The molecule has 1 aliphatic rings. The fourth-order valence-electron chi connectivity index (χ4n) is 2.51. The fourth-order valence-corrected chi connectivity index (χ4v) is 4.29. The van der Waals surface area contributed by atoms with Gasteiger partial charge < -0.3 is 0 Å². The standard InChI is InChI=1S/C16H15N3OS2/c1-16(12-8-4-2-5-9-12)14(18-20)19(15(21)22-16)17-13-10-6-3-7-11-13/h2-11,14,17H,1H3. The largest absolute Gasteiger partial charge is 0.295 e. The Morgan fingerprint density at radius 3 is 2.32 bits per heavy atom. The van der Waals surface area contributed by atoms with Gasteiger partial charge in [-0.2, -0.15) is 0 Å². The molecule has 2 atom stereocenters. The zero-order valence-corrected chi connectivity index (χ0v) is 13.6. The molecule has 0 bridgehead atoms. The van der Waals surface area contributed by atoms with Gasteiger partial charge in [-0.3, -0.25) is 5.43 Å². The molecule has 3 rings (SSSR count). The number of nitroso groups, excluding NO2 is 1. The molecule has 0 radical (unpaired) electrons. The molecular weight excluding hydrogens is 314 g/mol. The number of para-hydroxylation sites is 1. The normalized spacial score (nSPS) is 24.3. The van der Waals surface area contributed by atoms with Crippen molar-refractivity contribution in [1.82, 2.24) is 5.01 Å². The summed E-state index contributed by atoms with van der Waals surface area (Å²) in [6, 6.07) is 19.5. The highest BCUT2D eigenvalue weighted by Gasteiger charge is 2.50. The van der Waals surface area contributed by atoms with E-state index >= 15 is 0 Å². The number of thioether (sulfide) groups is 1. The van der Waals surface area contributed by atoms with Gasteiger partial charge in [-0.05, 0) is 29.8 Å². The minimum absolute atomic E-state index is 0.512. The highest BCUT2D eigenvalue weighted by atomic mass is 32.2. The smallest absolute Gasteiger partial charge is 0.201 e. The highest BCUT2D eigenvalue weighted by Crippen LogP contribution is 2.49. The van der Waals surface area contributed by atoms with Crippen LogP contribution in [0.2, 0.25) is 0 Å². The Kier molecular flexibility index (Phi) is 4.13. The van der Waals surface area contributed by atoms with Gasteiger partial charge >= 0.3 is 0 Å². The molecule has 22 heavy (non-hydrogen) atoms. The molecule has 0 amide bonds. The molecule has 0 aliphatic carbocycles. The van der Waals surface area contributed by atoms with Crippen LogP contribution in [0.25, 0.3) is 0 Å². The maximum absolute atomic E-state index is 11.5. The number of hydrazine groups is 1. The van der Waals surface area contributed by atoms with Gasteiger partial charge in [0.2, 0.25) is 6.17 Å². The number of hydrogen-bond donors (Lipinski definition) is 1. The van der Waals surface area contributed by atoms with Crippen LogP contribution in [0.4, 0.5) is 5.69 Å². The summed E-state index contributed by atoms with van der Waals surface area (Å²) in [6.45, 7) is 2.00. The van der Waals surface area contributed by atoms with E-state index in [2.05, 4.69) is 10.6 Å². The summed E-state index contributed by atoms with van der Waals surface area (Å²) < 4.78 is 0.0989. The number of nitrogens with one attached hydrogen (secondary N) is 1. The van der Waals surface area contributed by atoms with Crippen LogP contribution in [0.15, 0.2) is 65.8 Å². The van der Waals surface area contributed by atoms with Gasteiger partial charge in [-0.25, -0.2) is 5.01 Å². The van der Waals surface area contributed by atoms with E-state index in [4.69, 9.17) is 12.2 Å². The van der Waals surface area contributed by atoms with Crippen LogP contribution in [-0.4, -0.2) is 15.5 Å². The summed E-state index contributed by atoms with van der Waals surface area (Å²) in [7, 11) is 0. The van der Waals surface area contributed by atoms with E-state index in [1.165, 1.54) is 11.8 Å². The lowest BCUT2D eigenvalue weighted by molar-refractivity contribution is 0.329. The van der Waals surface area contributed by atoms with Crippen molar-refractivity contribution in [2.45, 2.75) is 17.8 Å². The van der Waals surface area contributed by atoms with Crippen molar-refractivity contribution in [3.63, 3.8) is 0 Å². The summed E-state index contributed by atoms with van der Waals surface area (Å²) in [6.07, 6.45) is -0.618. The predicted molar refractivity (Wildman–Crippen MR) is 95.5 cm³/mol. The molecule has 0 spiro atoms. The first-order valence-electron chi connectivity index (χ1n) is 6.87. The Morgan fingerprint density at radius 2 is 1.73 bits per heavy atom. The molecule has 1 aliphatic heterocycles. The fraction of sp³-hybridized carbons (Fsp3) is 0.188. The minimum atomic E-state index is -0.618. The van der Waals surface area contributed by atoms with Gasteiger partial charge in [0.1, 0.15) is 0 Å². The first-order valence-corrected chi connectivity index (χ1v) is 8.09. The third-order valence-electron chi connectivity index (χ3n) is 3.70. The number of thiocarbonyl (C=S) groups is 1. The monoisotopic (exact) mass is 329 g/mol. The van der Waals surface area contributed by atoms with E-state index in [0.717, 1.165) is 11.3 Å². The molecule has 2 aromatic carbocycles. The van der Waals surface area contributed by atoms with Crippen LogP contribution in [-0.2, 0) is 4.75 Å². The zero-order chi connectivity index (χ0) is 15.6. The average Bonchev–Trinajstić information content (AvgIpc) is 2.80. The Balaban J connectivity index is 1.93. The Labute approximate surface area is 138 Å². The second-order valence-corrected chi connectivity index (χ2v) is 7.25. The lowest BCUT2D eigenvalue weighted by Gasteiger charge is -2.29. The van der Waals surface area contributed by atoms with E-state index in [-0.39, 0.29) is 0 Å². The van der Waals surface area contributed by atoms with E-state index in [1.807, 2.05) is 67.6 Å². The molecule has 2 aromatic rings. The van der Waals surface area contributed by atoms with Crippen molar-refractivity contribution in [3.8, 4) is 0 Å². The SMILES string of the molecule is CC1(c2ccccc2)SC(=S)N(Nc2ccccc2)C1N=O. The van der Waals surface area contributed by atoms with Crippen molar-refractivity contribution in [1.29, 1.82) is 0 Å². The molecule has 2 unspecified atom stereocenters. The van der Waals surface area contributed by atoms with Crippen molar-refractivity contribution in [2.24, 2.45) is 5.18 Å². The van der Waals surface area contributed by atoms with Gasteiger partial charge in [-0.1, -0.05) is 72.5 Å². The minimum Gasteiger partial charge on any atom is -0.295 e. The molecule has 4 nitrogen and oxygen atoms in total. The molecule has 6 heteroatoms. The van der Waals surface area contributed by atoms with Crippen LogP contribution < -0.4 is 5.43 Å². The lowest BCUT2D eigenvalue weighted by Crippen LogP contribution is -2.42. The summed E-state index contributed by atoms with van der Waals surface area (Å²) in [5.74, 6) is 0. The van der Waals surface area contributed by atoms with Crippen LogP contribution in [0.3, 0.4) is 0 Å². The molecular formula is C16H15N3OS2. The number of rotatable bonds is 4. The van der Waals surface area contributed by atoms with Gasteiger partial charge in [-0.15, -0.1) is 4.91 Å². The Hall–Kier alpha value is -1.92. The maximum atomic E-state index is 11.5. The molecule has 0 aromatic heterocycles. The average molecular weight is 329 g/mol. The third-order valence-corrected chi connectivity index (χ3v) is 5.39. The molecule has 1 N–H and O–H groups in total. The van der Waals surface area contributed by atoms with Gasteiger partial charge in [0.25, 0.3) is 0 Å². The van der Waals surface area contributed by atoms with Gasteiger partial charge in [0, 0.05) is 0 Å². The highest BCUT2D eigenvalue weighted by molar-refractivity contribution is 8.23. The van der Waals surface area contributed by atoms with Crippen molar-refractivity contribution in [2.75, 3.05) is 5.43 Å². The van der Waals surface area contributed by atoms with E-state index in [0.29, 0.717) is 4.32 Å². The second kappa shape index (κ2) is 6.06. The molecule has 1 fully saturated rings. The van der Waals surface area contributed by atoms with Crippen LogP contribution >= 0.6 is 24.0 Å². The second-order valence-electron chi connectivity index (χ2n) is 5.17. The molecule has 1 saturated heterocycles. The van der Waals surface area contributed by atoms with Crippen LogP contribution in [0.5, 0.6) is 0 Å². The topological polar surface area (TPSA) is 44.7 Å². The third kappa shape index (κ3) is 2.60. The number of benzene rings is 2. The Bertz CT molecular complexity index is 680. The summed E-state index contributed by atoms with van der Waals surface area (Å²) in [5, 5.41) is 5.03. The van der Waals surface area contributed by atoms with Gasteiger partial charge in [0.05, 0.1) is 10.4 Å². The summed E-state index contributed by atoms with van der Waals surface area (Å²) in [4.78, 5) is 11.5. The van der Waals surface area contributed by atoms with Crippen molar-refractivity contribution >= 4 is 34.0 Å². The molecule has 0 saturated carbocycles. The first-order chi connectivity index (χ1) is 10.6. The molecule has 1 heterocycles. The first kappa shape index (κ1) is 15.0. The van der Waals surface area contributed by atoms with Crippen LogP contribution in [0.1, 0.15) is 12.5 Å². The van der Waals surface area contributed by atoms with E-state index < -0.39 is 10.9 Å². The van der Waals surface area contributed by atoms with E-state index in [9.17, 15) is 4.91 Å². The zero-order valence-electron chi connectivity index (χ0n) is 12.0. The molecule has 112 valence electrons. The number of hydrogen-bond acceptors (Lipinski definition) is 5. The van der Waals surface area contributed by atoms with E-state index in [1.54, 1.807) is 5.01 Å². The number of anilines is 1. The summed E-state index contributed by atoms with van der Waals surface area (Å²) >= 11 is 6.94. The predicted octanol–water partition coefficient (Wildman–Crippen LogP) is 4.36. The lowest BCUT2D eigenvalue weighted by atomic mass is 9.97. The quantitative estimate of drug-likeness (QED) is 0.667. The Morgan fingerprint density at radius 1 is 1.14 bits per heavy atom. The van der Waals surface area contributed by atoms with Crippen molar-refractivity contribution < 1.29 is 0 Å².